The number of thioether (sulfide) groups is 1. The van der Waals surface area contributed by atoms with E-state index in [1.807, 2.05) is 47.0 Å². The Bertz CT molecular complexity index is 1480. The summed E-state index contributed by atoms with van der Waals surface area (Å²) < 4.78 is 3.79. The van der Waals surface area contributed by atoms with Crippen molar-refractivity contribution in [1.82, 2.24) is 23.9 Å². The largest absolute Gasteiger partial charge is 0.384 e. The number of nitrogens with zero attached hydrogens (tertiary/aromatic N) is 5. The molecule has 0 fully saturated rings. The number of carbonyl (C=O) groups excluding carboxylic acids is 1. The first-order chi connectivity index (χ1) is 16.3. The maximum absolute atomic E-state index is 13.0. The van der Waals surface area contributed by atoms with Crippen LogP contribution in [0, 0.1) is 0 Å². The van der Waals surface area contributed by atoms with Gasteiger partial charge in [-0.25, -0.2) is 4.79 Å². The van der Waals surface area contributed by atoms with E-state index < -0.39 is 17.0 Å². The standard InChI is InChI=1S/C23H21ClN6O3S/c1-28-20(25)19(21(32)29(2)23(28)33)17(31)13-34-22-27-26-18(12-14-6-4-3-5-7-14)30(22)16-10-8-15(24)9-11-16/h3-11H,12-13,25H2,1-2H3. The van der Waals surface area contributed by atoms with Gasteiger partial charge in [-0.1, -0.05) is 53.7 Å². The normalized spacial score (nSPS) is 11.0. The molecule has 174 valence electrons. The van der Waals surface area contributed by atoms with Crippen molar-refractivity contribution < 1.29 is 4.79 Å². The lowest BCUT2D eigenvalue weighted by atomic mass is 10.1. The number of hydrogen-bond acceptors (Lipinski definition) is 7. The van der Waals surface area contributed by atoms with Crippen LogP contribution in [0.2, 0.25) is 5.02 Å². The Labute approximate surface area is 203 Å². The van der Waals surface area contributed by atoms with Gasteiger partial charge in [-0.2, -0.15) is 0 Å². The van der Waals surface area contributed by atoms with Crippen LogP contribution in [0.15, 0.2) is 69.3 Å². The first kappa shape index (κ1) is 23.5. The molecule has 34 heavy (non-hydrogen) atoms. The third-order valence-electron chi connectivity index (χ3n) is 5.31. The van der Waals surface area contributed by atoms with E-state index in [4.69, 9.17) is 17.3 Å². The van der Waals surface area contributed by atoms with E-state index >= 15 is 0 Å². The minimum atomic E-state index is -0.727. The van der Waals surface area contributed by atoms with Crippen molar-refractivity contribution >= 4 is 35.0 Å². The second-order valence-corrected chi connectivity index (χ2v) is 8.93. The molecular formula is C23H21ClN6O3S. The van der Waals surface area contributed by atoms with Crippen LogP contribution < -0.4 is 17.0 Å². The molecule has 0 aliphatic heterocycles. The van der Waals surface area contributed by atoms with Crippen molar-refractivity contribution in [3.63, 3.8) is 0 Å². The number of nitrogens with two attached hydrogens (primary N) is 1. The van der Waals surface area contributed by atoms with E-state index in [1.54, 1.807) is 12.1 Å². The first-order valence-electron chi connectivity index (χ1n) is 10.2. The maximum atomic E-state index is 13.0. The van der Waals surface area contributed by atoms with Crippen LogP contribution in [0.3, 0.4) is 0 Å². The molecular weight excluding hydrogens is 476 g/mol. The molecule has 9 nitrogen and oxygen atoms in total. The van der Waals surface area contributed by atoms with Crippen molar-refractivity contribution in [2.24, 2.45) is 14.1 Å². The van der Waals surface area contributed by atoms with Gasteiger partial charge >= 0.3 is 5.69 Å². The fraction of sp³-hybridized carbons (Fsp3) is 0.174. The molecule has 2 N–H and O–H groups in total. The third kappa shape index (κ3) is 4.55. The molecule has 0 unspecified atom stereocenters. The van der Waals surface area contributed by atoms with Crippen molar-refractivity contribution in [3.8, 4) is 5.69 Å². The number of aromatic nitrogens is 5. The molecule has 0 saturated heterocycles. The van der Waals surface area contributed by atoms with E-state index in [-0.39, 0.29) is 17.1 Å². The van der Waals surface area contributed by atoms with Crippen LogP contribution >= 0.6 is 23.4 Å². The van der Waals surface area contributed by atoms with Crippen LogP contribution in [0.1, 0.15) is 21.7 Å². The Kier molecular flexibility index (Phi) is 6.71. The minimum absolute atomic E-state index is 0.116. The zero-order valence-corrected chi connectivity index (χ0v) is 20.0. The Hall–Kier alpha value is -3.63. The molecule has 0 amide bonds. The summed E-state index contributed by atoms with van der Waals surface area (Å²) in [6, 6.07) is 17.0. The summed E-state index contributed by atoms with van der Waals surface area (Å²) in [4.78, 5) is 37.5. The van der Waals surface area contributed by atoms with Crippen molar-refractivity contribution in [2.45, 2.75) is 11.6 Å². The monoisotopic (exact) mass is 496 g/mol. The first-order valence-corrected chi connectivity index (χ1v) is 11.6. The van der Waals surface area contributed by atoms with Crippen LogP contribution in [0.4, 0.5) is 5.82 Å². The lowest BCUT2D eigenvalue weighted by Gasteiger charge is -2.12. The molecule has 0 radical (unpaired) electrons. The van der Waals surface area contributed by atoms with Gasteiger partial charge < -0.3 is 5.73 Å². The van der Waals surface area contributed by atoms with Gasteiger partial charge in [0.1, 0.15) is 17.2 Å². The quantitative estimate of drug-likeness (QED) is 0.308. The van der Waals surface area contributed by atoms with Gasteiger partial charge in [0.2, 0.25) is 0 Å². The fourth-order valence-corrected chi connectivity index (χ4v) is 4.43. The highest BCUT2D eigenvalue weighted by Crippen LogP contribution is 2.25. The SMILES string of the molecule is Cn1c(N)c(C(=O)CSc2nnc(Cc3ccccc3)n2-c2ccc(Cl)cc2)c(=O)n(C)c1=O. The summed E-state index contributed by atoms with van der Waals surface area (Å²) in [5.74, 6) is -0.105. The molecule has 2 aromatic heterocycles. The molecule has 0 spiro atoms. The molecule has 0 saturated carbocycles. The highest BCUT2D eigenvalue weighted by molar-refractivity contribution is 7.99. The highest BCUT2D eigenvalue weighted by Gasteiger charge is 2.22. The lowest BCUT2D eigenvalue weighted by Crippen LogP contribution is -2.41. The van der Waals surface area contributed by atoms with Gasteiger partial charge in [0.25, 0.3) is 5.56 Å². The zero-order chi connectivity index (χ0) is 24.4. The minimum Gasteiger partial charge on any atom is -0.384 e. The van der Waals surface area contributed by atoms with Crippen LogP contribution in [-0.4, -0.2) is 35.4 Å². The molecule has 4 aromatic rings. The van der Waals surface area contributed by atoms with E-state index in [9.17, 15) is 14.4 Å². The Morgan fingerprint density at radius 1 is 1.00 bits per heavy atom. The Morgan fingerprint density at radius 3 is 2.35 bits per heavy atom. The Morgan fingerprint density at radius 2 is 1.68 bits per heavy atom. The van der Waals surface area contributed by atoms with E-state index in [1.165, 1.54) is 14.1 Å². The smallest absolute Gasteiger partial charge is 0.332 e. The van der Waals surface area contributed by atoms with Crippen LogP contribution in [-0.2, 0) is 20.5 Å². The topological polar surface area (TPSA) is 118 Å². The molecule has 0 bridgehead atoms. The summed E-state index contributed by atoms with van der Waals surface area (Å²) in [7, 11) is 2.72. The molecule has 0 atom stereocenters. The summed E-state index contributed by atoms with van der Waals surface area (Å²) in [6.45, 7) is 0. The number of Topliss-reactive ketones (excluding diaryl/α,β-unsaturated/α-hetero) is 1. The van der Waals surface area contributed by atoms with E-state index in [0.29, 0.717) is 22.4 Å². The van der Waals surface area contributed by atoms with Crippen molar-refractivity contribution in [3.05, 3.63) is 97.4 Å². The number of benzene rings is 2. The average Bonchev–Trinajstić information content (AvgIpc) is 3.23. The van der Waals surface area contributed by atoms with Crippen LogP contribution in [0.5, 0.6) is 0 Å². The molecule has 0 aliphatic rings. The number of anilines is 1. The van der Waals surface area contributed by atoms with E-state index in [0.717, 1.165) is 32.1 Å². The third-order valence-corrected chi connectivity index (χ3v) is 6.49. The maximum Gasteiger partial charge on any atom is 0.332 e. The Balaban J connectivity index is 1.68. The number of rotatable bonds is 7. The number of nitrogen functional groups attached to an aromatic ring is 1. The highest BCUT2D eigenvalue weighted by atomic mass is 35.5. The zero-order valence-electron chi connectivity index (χ0n) is 18.4. The second kappa shape index (κ2) is 9.70. The molecule has 0 aliphatic carbocycles. The number of carbonyl (C=O) groups is 1. The molecule has 11 heteroatoms. The summed E-state index contributed by atoms with van der Waals surface area (Å²) >= 11 is 7.19. The van der Waals surface area contributed by atoms with Gasteiger partial charge in [0.15, 0.2) is 10.9 Å². The number of ketones is 1. The van der Waals surface area contributed by atoms with Crippen molar-refractivity contribution in [1.29, 1.82) is 0 Å². The molecule has 2 aromatic carbocycles. The lowest BCUT2D eigenvalue weighted by molar-refractivity contribution is 0.102. The van der Waals surface area contributed by atoms with Crippen LogP contribution in [0.25, 0.3) is 5.69 Å². The van der Waals surface area contributed by atoms with E-state index in [2.05, 4.69) is 10.2 Å². The van der Waals surface area contributed by atoms with Crippen molar-refractivity contribution in [2.75, 3.05) is 11.5 Å². The van der Waals surface area contributed by atoms with Gasteiger partial charge in [0.05, 0.1) is 5.75 Å². The molecule has 4 rings (SSSR count). The second-order valence-electron chi connectivity index (χ2n) is 7.55. The number of halogens is 1. The summed E-state index contributed by atoms with van der Waals surface area (Å²) in [5, 5.41) is 9.70. The van der Waals surface area contributed by atoms with Gasteiger partial charge in [-0.05, 0) is 29.8 Å². The molecule has 2 heterocycles. The van der Waals surface area contributed by atoms with Gasteiger partial charge in [0, 0.05) is 31.2 Å². The average molecular weight is 497 g/mol. The van der Waals surface area contributed by atoms with Gasteiger partial charge in [-0.3, -0.25) is 23.3 Å². The number of hydrogen-bond donors (Lipinski definition) is 1. The predicted octanol–water partition coefficient (Wildman–Crippen LogP) is 2.47. The predicted molar refractivity (Wildman–Crippen MR) is 132 cm³/mol. The summed E-state index contributed by atoms with van der Waals surface area (Å²) in [5.41, 5.74) is 6.21. The summed E-state index contributed by atoms with van der Waals surface area (Å²) in [6.07, 6.45) is 0.527. The van der Waals surface area contributed by atoms with Gasteiger partial charge in [-0.15, -0.1) is 10.2 Å². The fourth-order valence-electron chi connectivity index (χ4n) is 3.46.